The monoisotopic (exact) mass is 351 g/mol. The molecule has 0 aromatic heterocycles. The molecule has 0 aliphatic rings. The van der Waals surface area contributed by atoms with Crippen molar-refractivity contribution in [1.82, 2.24) is 5.32 Å². The fraction of sp³-hybridized carbons (Fsp3) is 0.462. The largest absolute Gasteiger partial charge is 0.348 e. The molecular weight excluding hydrogens is 337 g/mol. The Labute approximate surface area is 126 Å². The van der Waals surface area contributed by atoms with Crippen molar-refractivity contribution < 1.29 is 4.79 Å². The molecular formula is C13H16BrCl2NO. The van der Waals surface area contributed by atoms with Gasteiger partial charge in [-0.1, -0.05) is 25.4 Å². The molecule has 1 aromatic carbocycles. The summed E-state index contributed by atoms with van der Waals surface area (Å²) in [5.41, 5.74) is 0.574. The molecule has 2 nitrogen and oxygen atoms in total. The second-order valence-corrected chi connectivity index (χ2v) is 6.15. The first-order valence-corrected chi connectivity index (χ1v) is 7.46. The zero-order valence-corrected chi connectivity index (χ0v) is 13.4. The van der Waals surface area contributed by atoms with Crippen molar-refractivity contribution in [3.63, 3.8) is 0 Å². The van der Waals surface area contributed by atoms with E-state index in [0.717, 1.165) is 6.42 Å². The smallest absolute Gasteiger partial charge is 0.251 e. The fourth-order valence-corrected chi connectivity index (χ4v) is 2.34. The number of hydrogen-bond acceptors (Lipinski definition) is 1. The molecule has 0 saturated carbocycles. The van der Waals surface area contributed by atoms with Crippen molar-refractivity contribution in [2.75, 3.05) is 5.88 Å². The van der Waals surface area contributed by atoms with Gasteiger partial charge < -0.3 is 5.32 Å². The van der Waals surface area contributed by atoms with Gasteiger partial charge in [0.05, 0.1) is 5.02 Å². The van der Waals surface area contributed by atoms with Crippen LogP contribution in [0.25, 0.3) is 0 Å². The summed E-state index contributed by atoms with van der Waals surface area (Å²) in [6.45, 7) is 4.20. The molecule has 1 N–H and O–H groups in total. The van der Waals surface area contributed by atoms with Crippen LogP contribution in [0.4, 0.5) is 0 Å². The molecule has 0 bridgehead atoms. The highest BCUT2D eigenvalue weighted by atomic mass is 79.9. The number of nitrogens with one attached hydrogen (secondary N) is 1. The van der Waals surface area contributed by atoms with Crippen LogP contribution in [0.5, 0.6) is 0 Å². The first kappa shape index (κ1) is 15.8. The van der Waals surface area contributed by atoms with Crippen LogP contribution in [0.2, 0.25) is 5.02 Å². The van der Waals surface area contributed by atoms with Gasteiger partial charge in [0.1, 0.15) is 0 Å². The molecule has 1 unspecified atom stereocenters. The van der Waals surface area contributed by atoms with Crippen LogP contribution in [0, 0.1) is 5.92 Å². The quantitative estimate of drug-likeness (QED) is 0.777. The lowest BCUT2D eigenvalue weighted by atomic mass is 10.0. The van der Waals surface area contributed by atoms with Gasteiger partial charge in [0.15, 0.2) is 0 Å². The second kappa shape index (κ2) is 7.37. The number of halogens is 3. The van der Waals surface area contributed by atoms with E-state index in [0.29, 0.717) is 26.9 Å². The van der Waals surface area contributed by atoms with E-state index >= 15 is 0 Å². The normalized spacial score (nSPS) is 12.6. The lowest BCUT2D eigenvalue weighted by molar-refractivity contribution is 0.0936. The minimum Gasteiger partial charge on any atom is -0.348 e. The highest BCUT2D eigenvalue weighted by molar-refractivity contribution is 9.10. The van der Waals surface area contributed by atoms with E-state index in [2.05, 4.69) is 35.1 Å². The van der Waals surface area contributed by atoms with Gasteiger partial charge in [-0.05, 0) is 46.5 Å². The molecule has 5 heteroatoms. The van der Waals surface area contributed by atoms with Gasteiger partial charge in [0, 0.05) is 22.0 Å². The van der Waals surface area contributed by atoms with Gasteiger partial charge in [0.25, 0.3) is 5.91 Å². The van der Waals surface area contributed by atoms with Crippen molar-refractivity contribution in [2.24, 2.45) is 5.92 Å². The zero-order chi connectivity index (χ0) is 13.7. The summed E-state index contributed by atoms with van der Waals surface area (Å²) < 4.78 is 0.711. The molecule has 1 aromatic rings. The summed E-state index contributed by atoms with van der Waals surface area (Å²) >= 11 is 15.0. The van der Waals surface area contributed by atoms with Crippen molar-refractivity contribution >= 4 is 45.0 Å². The number of carbonyl (C=O) groups is 1. The molecule has 0 spiro atoms. The van der Waals surface area contributed by atoms with Crippen LogP contribution in [0.1, 0.15) is 30.6 Å². The average molecular weight is 353 g/mol. The first-order valence-electron chi connectivity index (χ1n) is 5.76. The predicted octanol–water partition coefficient (Wildman–Crippen LogP) is 4.49. The first-order chi connectivity index (χ1) is 8.43. The average Bonchev–Trinajstić information content (AvgIpc) is 2.31. The highest BCUT2D eigenvalue weighted by Gasteiger charge is 2.14. The van der Waals surface area contributed by atoms with Crippen molar-refractivity contribution in [1.29, 1.82) is 0 Å². The number of rotatable bonds is 5. The topological polar surface area (TPSA) is 29.1 Å². The molecule has 18 heavy (non-hydrogen) atoms. The Balaban J connectivity index is 2.71. The fourth-order valence-electron chi connectivity index (χ4n) is 1.64. The number of benzene rings is 1. The van der Waals surface area contributed by atoms with E-state index in [1.807, 2.05) is 0 Å². The summed E-state index contributed by atoms with van der Waals surface area (Å²) in [5, 5.41) is 3.51. The van der Waals surface area contributed by atoms with Gasteiger partial charge in [-0.25, -0.2) is 0 Å². The van der Waals surface area contributed by atoms with Crippen molar-refractivity contribution in [3.8, 4) is 0 Å². The molecule has 0 aliphatic carbocycles. The van der Waals surface area contributed by atoms with E-state index in [1.54, 1.807) is 18.2 Å². The predicted molar refractivity (Wildman–Crippen MR) is 80.6 cm³/mol. The van der Waals surface area contributed by atoms with Crippen molar-refractivity contribution in [3.05, 3.63) is 33.3 Å². The van der Waals surface area contributed by atoms with E-state index in [9.17, 15) is 4.79 Å². The van der Waals surface area contributed by atoms with E-state index < -0.39 is 0 Å². The Morgan fingerprint density at radius 2 is 2.11 bits per heavy atom. The molecule has 0 fully saturated rings. The van der Waals surface area contributed by atoms with Crippen LogP contribution in [-0.2, 0) is 0 Å². The van der Waals surface area contributed by atoms with Crippen LogP contribution in [0.15, 0.2) is 22.7 Å². The third-order valence-corrected chi connectivity index (χ3v) is 4.05. The lowest BCUT2D eigenvalue weighted by Gasteiger charge is -2.18. The van der Waals surface area contributed by atoms with Crippen LogP contribution in [0.3, 0.4) is 0 Å². The summed E-state index contributed by atoms with van der Waals surface area (Å²) in [6.07, 6.45) is 0.865. The van der Waals surface area contributed by atoms with Gasteiger partial charge in [0.2, 0.25) is 0 Å². The maximum Gasteiger partial charge on any atom is 0.251 e. The maximum atomic E-state index is 12.0. The number of amides is 1. The Morgan fingerprint density at radius 3 is 2.61 bits per heavy atom. The van der Waals surface area contributed by atoms with Gasteiger partial charge in [-0.3, -0.25) is 4.79 Å². The van der Waals surface area contributed by atoms with Gasteiger partial charge >= 0.3 is 0 Å². The third-order valence-electron chi connectivity index (χ3n) is 2.46. The molecule has 0 heterocycles. The molecule has 0 radical (unpaired) electrons. The molecule has 1 amide bonds. The number of alkyl halides is 1. The molecule has 100 valence electrons. The van der Waals surface area contributed by atoms with Crippen LogP contribution < -0.4 is 5.32 Å². The highest BCUT2D eigenvalue weighted by Crippen LogP contribution is 2.23. The second-order valence-electron chi connectivity index (χ2n) is 4.58. The standard InChI is InChI=1S/C13H16BrCl2NO/c1-8(2)5-10(7-15)17-13(18)9-3-4-12(16)11(14)6-9/h3-4,6,8,10H,5,7H2,1-2H3,(H,17,18). The Morgan fingerprint density at radius 1 is 1.44 bits per heavy atom. The van der Waals surface area contributed by atoms with Crippen LogP contribution in [-0.4, -0.2) is 17.8 Å². The van der Waals surface area contributed by atoms with E-state index in [4.69, 9.17) is 23.2 Å². The summed E-state index contributed by atoms with van der Waals surface area (Å²) in [7, 11) is 0. The molecule has 1 atom stereocenters. The Hall–Kier alpha value is -0.250. The number of carbonyl (C=O) groups excluding carboxylic acids is 1. The van der Waals surface area contributed by atoms with Gasteiger partial charge in [-0.2, -0.15) is 0 Å². The van der Waals surface area contributed by atoms with E-state index in [-0.39, 0.29) is 11.9 Å². The zero-order valence-electron chi connectivity index (χ0n) is 10.3. The minimum absolute atomic E-state index is 0.00591. The summed E-state index contributed by atoms with van der Waals surface area (Å²) in [4.78, 5) is 12.0. The van der Waals surface area contributed by atoms with Crippen molar-refractivity contribution in [2.45, 2.75) is 26.3 Å². The summed E-state index contributed by atoms with van der Waals surface area (Å²) in [5.74, 6) is 0.781. The Kier molecular flexibility index (Phi) is 6.47. The SMILES string of the molecule is CC(C)CC(CCl)NC(=O)c1ccc(Cl)c(Br)c1. The number of hydrogen-bond donors (Lipinski definition) is 1. The van der Waals surface area contributed by atoms with Crippen LogP contribution >= 0.6 is 39.1 Å². The lowest BCUT2D eigenvalue weighted by Crippen LogP contribution is -2.37. The maximum absolute atomic E-state index is 12.0. The van der Waals surface area contributed by atoms with Gasteiger partial charge in [-0.15, -0.1) is 11.6 Å². The molecule has 0 aliphatic heterocycles. The molecule has 1 rings (SSSR count). The summed E-state index contributed by atoms with van der Waals surface area (Å²) in [6, 6.07) is 5.09. The third kappa shape index (κ3) is 4.79. The van der Waals surface area contributed by atoms with E-state index in [1.165, 1.54) is 0 Å². The molecule has 0 saturated heterocycles. The minimum atomic E-state index is -0.126. The Bertz CT molecular complexity index is 423.